The molecule has 0 heterocycles. The SMILES string of the molecule is CC(=O)C(C)(C)NC1C(C(C)C)CCCC1C(C)C. The van der Waals surface area contributed by atoms with Gasteiger partial charge in [-0.2, -0.15) is 0 Å². The van der Waals surface area contributed by atoms with E-state index in [0.29, 0.717) is 29.7 Å². The van der Waals surface area contributed by atoms with Crippen molar-refractivity contribution in [1.29, 1.82) is 0 Å². The molecular weight excluding hydrogens is 234 g/mol. The molecule has 1 saturated carbocycles. The predicted molar refractivity (Wildman–Crippen MR) is 82.2 cm³/mol. The minimum absolute atomic E-state index is 0.239. The minimum Gasteiger partial charge on any atom is -0.302 e. The lowest BCUT2D eigenvalue weighted by Gasteiger charge is -2.46. The van der Waals surface area contributed by atoms with E-state index in [4.69, 9.17) is 0 Å². The number of hydrogen-bond acceptors (Lipinski definition) is 2. The highest BCUT2D eigenvalue weighted by atomic mass is 16.1. The lowest BCUT2D eigenvalue weighted by Crippen LogP contribution is -2.58. The molecule has 0 aliphatic heterocycles. The van der Waals surface area contributed by atoms with E-state index in [1.165, 1.54) is 19.3 Å². The molecule has 0 aromatic carbocycles. The molecule has 2 unspecified atom stereocenters. The Labute approximate surface area is 119 Å². The summed E-state index contributed by atoms with van der Waals surface area (Å²) in [4.78, 5) is 11.8. The van der Waals surface area contributed by atoms with E-state index in [1.54, 1.807) is 6.92 Å². The van der Waals surface area contributed by atoms with Crippen LogP contribution >= 0.6 is 0 Å². The standard InChI is InChI=1S/C17H33NO/c1-11(2)14-9-8-10-15(12(3)4)16(14)18-17(6,7)13(5)19/h11-12,14-16,18H,8-10H2,1-7H3. The third kappa shape index (κ3) is 4.05. The fourth-order valence-corrected chi connectivity index (χ4v) is 3.49. The molecule has 0 amide bonds. The molecule has 1 aliphatic rings. The van der Waals surface area contributed by atoms with Gasteiger partial charge in [0.25, 0.3) is 0 Å². The zero-order valence-electron chi connectivity index (χ0n) is 13.9. The lowest BCUT2D eigenvalue weighted by atomic mass is 9.68. The van der Waals surface area contributed by atoms with Gasteiger partial charge >= 0.3 is 0 Å². The molecule has 1 rings (SSSR count). The summed E-state index contributed by atoms with van der Waals surface area (Å²) in [5, 5.41) is 3.71. The van der Waals surface area contributed by atoms with Gasteiger partial charge in [0.05, 0.1) is 5.54 Å². The lowest BCUT2D eigenvalue weighted by molar-refractivity contribution is -0.123. The van der Waals surface area contributed by atoms with Gasteiger partial charge in [0.1, 0.15) is 5.78 Å². The molecular formula is C17H33NO. The van der Waals surface area contributed by atoms with Crippen LogP contribution in [0.4, 0.5) is 0 Å². The molecule has 0 radical (unpaired) electrons. The van der Waals surface area contributed by atoms with Gasteiger partial charge in [0, 0.05) is 6.04 Å². The molecule has 2 nitrogen and oxygen atoms in total. The first-order valence-corrected chi connectivity index (χ1v) is 7.95. The van der Waals surface area contributed by atoms with Gasteiger partial charge in [-0.05, 0) is 57.3 Å². The smallest absolute Gasteiger partial charge is 0.149 e. The highest BCUT2D eigenvalue weighted by molar-refractivity contribution is 5.85. The Morgan fingerprint density at radius 1 is 1.05 bits per heavy atom. The van der Waals surface area contributed by atoms with Crippen LogP contribution in [-0.4, -0.2) is 17.4 Å². The third-order valence-electron chi connectivity index (χ3n) is 5.12. The Hall–Kier alpha value is -0.370. The Morgan fingerprint density at radius 2 is 1.47 bits per heavy atom. The van der Waals surface area contributed by atoms with Gasteiger partial charge < -0.3 is 5.32 Å². The molecule has 19 heavy (non-hydrogen) atoms. The average molecular weight is 267 g/mol. The Bertz CT molecular complexity index is 290. The third-order valence-corrected chi connectivity index (χ3v) is 5.12. The topological polar surface area (TPSA) is 29.1 Å². The number of ketones is 1. The van der Waals surface area contributed by atoms with Gasteiger partial charge in [-0.1, -0.05) is 34.1 Å². The molecule has 0 aromatic rings. The molecule has 0 aromatic heterocycles. The molecule has 0 spiro atoms. The summed E-state index contributed by atoms with van der Waals surface area (Å²) in [7, 11) is 0. The van der Waals surface area contributed by atoms with Gasteiger partial charge in [-0.25, -0.2) is 0 Å². The predicted octanol–water partition coefficient (Wildman–Crippen LogP) is 4.04. The van der Waals surface area contributed by atoms with Crippen molar-refractivity contribution in [2.45, 2.75) is 79.3 Å². The first kappa shape index (κ1) is 16.7. The molecule has 1 N–H and O–H groups in total. The molecule has 1 aliphatic carbocycles. The molecule has 112 valence electrons. The van der Waals surface area contributed by atoms with Crippen molar-refractivity contribution in [2.24, 2.45) is 23.7 Å². The van der Waals surface area contributed by atoms with Gasteiger partial charge in [0.2, 0.25) is 0 Å². The van der Waals surface area contributed by atoms with Crippen molar-refractivity contribution in [3.8, 4) is 0 Å². The quantitative estimate of drug-likeness (QED) is 0.814. The van der Waals surface area contributed by atoms with E-state index in [-0.39, 0.29) is 5.78 Å². The van der Waals surface area contributed by atoms with Gasteiger partial charge in [0.15, 0.2) is 0 Å². The van der Waals surface area contributed by atoms with E-state index in [9.17, 15) is 4.79 Å². The van der Waals surface area contributed by atoms with Crippen molar-refractivity contribution in [2.75, 3.05) is 0 Å². The zero-order chi connectivity index (χ0) is 14.8. The van der Waals surface area contributed by atoms with Crippen molar-refractivity contribution in [3.05, 3.63) is 0 Å². The van der Waals surface area contributed by atoms with Crippen LogP contribution in [0, 0.1) is 23.7 Å². The summed E-state index contributed by atoms with van der Waals surface area (Å²) in [6.07, 6.45) is 3.93. The van der Waals surface area contributed by atoms with Crippen LogP contribution in [0.1, 0.15) is 67.7 Å². The van der Waals surface area contributed by atoms with Crippen molar-refractivity contribution in [1.82, 2.24) is 5.32 Å². The summed E-state index contributed by atoms with van der Waals surface area (Å²) in [6.45, 7) is 15.0. The molecule has 0 saturated heterocycles. The van der Waals surface area contributed by atoms with E-state index in [1.807, 2.05) is 13.8 Å². The summed E-state index contributed by atoms with van der Waals surface area (Å²) in [5.74, 6) is 2.99. The first-order valence-electron chi connectivity index (χ1n) is 7.95. The van der Waals surface area contributed by atoms with Crippen LogP contribution in [0.5, 0.6) is 0 Å². The Kier molecular flexibility index (Phi) is 5.61. The maximum atomic E-state index is 11.8. The number of carbonyl (C=O) groups is 1. The highest BCUT2D eigenvalue weighted by Crippen LogP contribution is 2.38. The Morgan fingerprint density at radius 3 is 1.79 bits per heavy atom. The fraction of sp³-hybridized carbons (Fsp3) is 0.941. The summed E-state index contributed by atoms with van der Waals surface area (Å²) < 4.78 is 0. The molecule has 2 heteroatoms. The molecule has 0 bridgehead atoms. The second kappa shape index (κ2) is 6.39. The van der Waals surface area contributed by atoms with Crippen molar-refractivity contribution in [3.63, 3.8) is 0 Å². The summed E-state index contributed by atoms with van der Waals surface area (Å²) in [5.41, 5.74) is -0.401. The largest absolute Gasteiger partial charge is 0.302 e. The van der Waals surface area contributed by atoms with Crippen LogP contribution in [-0.2, 0) is 4.79 Å². The first-order chi connectivity index (χ1) is 8.66. The number of carbonyl (C=O) groups excluding carboxylic acids is 1. The monoisotopic (exact) mass is 267 g/mol. The van der Waals surface area contributed by atoms with Crippen LogP contribution in [0.15, 0.2) is 0 Å². The molecule has 1 fully saturated rings. The number of Topliss-reactive ketones (excluding diaryl/α,β-unsaturated/α-hetero) is 1. The van der Waals surface area contributed by atoms with E-state index in [0.717, 1.165) is 0 Å². The van der Waals surface area contributed by atoms with Crippen molar-refractivity contribution < 1.29 is 4.79 Å². The van der Waals surface area contributed by atoms with Crippen LogP contribution in [0.2, 0.25) is 0 Å². The van der Waals surface area contributed by atoms with Crippen LogP contribution in [0.25, 0.3) is 0 Å². The second-order valence-electron chi connectivity index (χ2n) is 7.60. The summed E-state index contributed by atoms with van der Waals surface area (Å²) >= 11 is 0. The van der Waals surface area contributed by atoms with E-state index in [2.05, 4.69) is 33.0 Å². The van der Waals surface area contributed by atoms with Crippen molar-refractivity contribution >= 4 is 5.78 Å². The van der Waals surface area contributed by atoms with E-state index >= 15 is 0 Å². The van der Waals surface area contributed by atoms with Gasteiger partial charge in [-0.3, -0.25) is 4.79 Å². The highest BCUT2D eigenvalue weighted by Gasteiger charge is 2.39. The van der Waals surface area contributed by atoms with Crippen LogP contribution < -0.4 is 5.32 Å². The van der Waals surface area contributed by atoms with E-state index < -0.39 is 5.54 Å². The average Bonchev–Trinajstić information content (AvgIpc) is 2.27. The fourth-order valence-electron chi connectivity index (χ4n) is 3.49. The molecule has 2 atom stereocenters. The number of rotatable bonds is 5. The van der Waals surface area contributed by atoms with Gasteiger partial charge in [-0.15, -0.1) is 0 Å². The normalized spacial score (nSPS) is 29.0. The second-order valence-corrected chi connectivity index (χ2v) is 7.60. The number of hydrogen-bond donors (Lipinski definition) is 1. The van der Waals surface area contributed by atoms with Crippen LogP contribution in [0.3, 0.4) is 0 Å². The maximum Gasteiger partial charge on any atom is 0.149 e. The Balaban J connectivity index is 2.94. The minimum atomic E-state index is -0.401. The summed E-state index contributed by atoms with van der Waals surface area (Å²) in [6, 6.07) is 0.479. The maximum absolute atomic E-state index is 11.8. The number of nitrogens with one attached hydrogen (secondary N) is 1. The zero-order valence-corrected chi connectivity index (χ0v) is 13.9.